The molecule has 0 saturated heterocycles. The largest absolute Gasteiger partial charge is 0.469 e. The lowest BCUT2D eigenvalue weighted by atomic mass is 10.1. The minimum Gasteiger partial charge on any atom is -0.469 e. The van der Waals surface area contributed by atoms with Gasteiger partial charge in [0.1, 0.15) is 5.76 Å². The van der Waals surface area contributed by atoms with Crippen molar-refractivity contribution in [3.8, 4) is 0 Å². The normalized spacial score (nSPS) is 10.5. The highest BCUT2D eigenvalue weighted by Gasteiger charge is 2.14. The quantitative estimate of drug-likeness (QED) is 0.914. The standard InChI is InChI=1S/C16H19NO2/c1-11-4-6-14(7-5-11)8-9-17-16(18)15-12(2)10-19-13(15)3/h4-7,10H,8-9H2,1-3H3,(H,17,18). The predicted octanol–water partition coefficient (Wildman–Crippen LogP) is 3.18. The summed E-state index contributed by atoms with van der Waals surface area (Å²) in [6.07, 6.45) is 2.45. The van der Waals surface area contributed by atoms with Gasteiger partial charge in [0.05, 0.1) is 11.8 Å². The van der Waals surface area contributed by atoms with Gasteiger partial charge in [-0.3, -0.25) is 4.79 Å². The Balaban J connectivity index is 1.89. The molecule has 100 valence electrons. The first-order valence-electron chi connectivity index (χ1n) is 6.46. The SMILES string of the molecule is Cc1ccc(CCNC(=O)c2c(C)coc2C)cc1. The van der Waals surface area contributed by atoms with Crippen molar-refractivity contribution in [2.24, 2.45) is 0 Å². The Hall–Kier alpha value is -2.03. The molecule has 0 radical (unpaired) electrons. The van der Waals surface area contributed by atoms with Crippen LogP contribution in [0.5, 0.6) is 0 Å². The lowest BCUT2D eigenvalue weighted by Crippen LogP contribution is -2.26. The van der Waals surface area contributed by atoms with Gasteiger partial charge in [-0.15, -0.1) is 0 Å². The highest BCUT2D eigenvalue weighted by atomic mass is 16.3. The predicted molar refractivity (Wildman–Crippen MR) is 75.4 cm³/mol. The molecular weight excluding hydrogens is 238 g/mol. The van der Waals surface area contributed by atoms with Gasteiger partial charge in [-0.1, -0.05) is 29.8 Å². The minimum absolute atomic E-state index is 0.0594. The number of furan rings is 1. The van der Waals surface area contributed by atoms with E-state index >= 15 is 0 Å². The van der Waals surface area contributed by atoms with E-state index < -0.39 is 0 Å². The molecule has 0 atom stereocenters. The van der Waals surface area contributed by atoms with Gasteiger partial charge in [0, 0.05) is 12.1 Å². The van der Waals surface area contributed by atoms with E-state index in [0.717, 1.165) is 12.0 Å². The minimum atomic E-state index is -0.0594. The third kappa shape index (κ3) is 3.25. The Morgan fingerprint density at radius 2 is 1.84 bits per heavy atom. The van der Waals surface area contributed by atoms with E-state index in [1.807, 2.05) is 13.8 Å². The summed E-state index contributed by atoms with van der Waals surface area (Å²) < 4.78 is 5.23. The van der Waals surface area contributed by atoms with Crippen LogP contribution in [0.1, 0.15) is 32.8 Å². The molecule has 0 unspecified atom stereocenters. The molecule has 1 aromatic carbocycles. The topological polar surface area (TPSA) is 42.2 Å². The van der Waals surface area contributed by atoms with Crippen LogP contribution in [0.2, 0.25) is 0 Å². The fraction of sp³-hybridized carbons (Fsp3) is 0.312. The van der Waals surface area contributed by atoms with E-state index in [1.54, 1.807) is 6.26 Å². The molecule has 3 nitrogen and oxygen atoms in total. The maximum atomic E-state index is 12.0. The summed E-state index contributed by atoms with van der Waals surface area (Å²) in [4.78, 5) is 12.0. The summed E-state index contributed by atoms with van der Waals surface area (Å²) >= 11 is 0. The van der Waals surface area contributed by atoms with E-state index in [-0.39, 0.29) is 5.91 Å². The van der Waals surface area contributed by atoms with Gasteiger partial charge in [0.25, 0.3) is 5.91 Å². The molecule has 0 aliphatic rings. The summed E-state index contributed by atoms with van der Waals surface area (Å²) in [5, 5.41) is 2.93. The van der Waals surface area contributed by atoms with Crippen LogP contribution in [0.4, 0.5) is 0 Å². The van der Waals surface area contributed by atoms with Crippen LogP contribution in [0.15, 0.2) is 34.9 Å². The van der Waals surface area contributed by atoms with Gasteiger partial charge in [0.2, 0.25) is 0 Å². The molecular formula is C16H19NO2. The number of carbonyl (C=O) groups excluding carboxylic acids is 1. The summed E-state index contributed by atoms with van der Waals surface area (Å²) in [7, 11) is 0. The summed E-state index contributed by atoms with van der Waals surface area (Å²) in [5.74, 6) is 0.612. The zero-order valence-electron chi connectivity index (χ0n) is 11.6. The monoisotopic (exact) mass is 257 g/mol. The van der Waals surface area contributed by atoms with E-state index in [9.17, 15) is 4.79 Å². The zero-order chi connectivity index (χ0) is 13.8. The van der Waals surface area contributed by atoms with Crippen LogP contribution in [0.25, 0.3) is 0 Å². The smallest absolute Gasteiger partial charge is 0.255 e. The van der Waals surface area contributed by atoms with Crippen LogP contribution in [-0.2, 0) is 6.42 Å². The number of hydrogen-bond donors (Lipinski definition) is 1. The average molecular weight is 257 g/mol. The van der Waals surface area contributed by atoms with E-state index in [2.05, 4.69) is 36.5 Å². The van der Waals surface area contributed by atoms with Gasteiger partial charge in [-0.25, -0.2) is 0 Å². The average Bonchev–Trinajstić information content (AvgIpc) is 2.71. The van der Waals surface area contributed by atoms with Crippen LogP contribution in [-0.4, -0.2) is 12.5 Å². The molecule has 0 aliphatic heterocycles. The number of rotatable bonds is 4. The fourth-order valence-electron chi connectivity index (χ4n) is 2.07. The van der Waals surface area contributed by atoms with E-state index in [1.165, 1.54) is 11.1 Å². The second-order valence-corrected chi connectivity index (χ2v) is 4.84. The zero-order valence-corrected chi connectivity index (χ0v) is 11.6. The maximum absolute atomic E-state index is 12.0. The number of carbonyl (C=O) groups is 1. The molecule has 1 heterocycles. The Morgan fingerprint density at radius 1 is 1.16 bits per heavy atom. The van der Waals surface area contributed by atoms with Gasteiger partial charge in [-0.2, -0.15) is 0 Å². The molecule has 1 aromatic heterocycles. The van der Waals surface area contributed by atoms with Crippen LogP contribution in [0, 0.1) is 20.8 Å². The summed E-state index contributed by atoms with van der Waals surface area (Å²) in [6, 6.07) is 8.36. The second-order valence-electron chi connectivity index (χ2n) is 4.84. The Bertz CT molecular complexity index is 547. The van der Waals surface area contributed by atoms with Gasteiger partial charge in [-0.05, 0) is 32.8 Å². The molecule has 1 amide bonds. The van der Waals surface area contributed by atoms with Crippen molar-refractivity contribution in [2.45, 2.75) is 27.2 Å². The lowest BCUT2D eigenvalue weighted by molar-refractivity contribution is 0.0952. The summed E-state index contributed by atoms with van der Waals surface area (Å²) in [6.45, 7) is 6.38. The van der Waals surface area contributed by atoms with Crippen molar-refractivity contribution in [1.29, 1.82) is 0 Å². The molecule has 2 aromatic rings. The molecule has 0 aliphatic carbocycles. The van der Waals surface area contributed by atoms with Crippen molar-refractivity contribution in [1.82, 2.24) is 5.32 Å². The van der Waals surface area contributed by atoms with Gasteiger partial charge in [0.15, 0.2) is 0 Å². The molecule has 1 N–H and O–H groups in total. The van der Waals surface area contributed by atoms with Crippen LogP contribution < -0.4 is 5.32 Å². The molecule has 0 saturated carbocycles. The van der Waals surface area contributed by atoms with Crippen molar-refractivity contribution in [2.75, 3.05) is 6.54 Å². The van der Waals surface area contributed by atoms with Crippen molar-refractivity contribution in [3.63, 3.8) is 0 Å². The highest BCUT2D eigenvalue weighted by Crippen LogP contribution is 2.15. The number of nitrogens with one attached hydrogen (secondary N) is 1. The van der Waals surface area contributed by atoms with Crippen LogP contribution in [0.3, 0.4) is 0 Å². The maximum Gasteiger partial charge on any atom is 0.255 e. The molecule has 19 heavy (non-hydrogen) atoms. The molecule has 3 heteroatoms. The number of amides is 1. The first kappa shape index (κ1) is 13.4. The Kier molecular flexibility index (Phi) is 4.05. The number of benzene rings is 1. The molecule has 0 fully saturated rings. The molecule has 2 rings (SSSR count). The lowest BCUT2D eigenvalue weighted by Gasteiger charge is -2.06. The first-order chi connectivity index (χ1) is 9.08. The number of aryl methyl sites for hydroxylation is 3. The molecule has 0 bridgehead atoms. The Morgan fingerprint density at radius 3 is 2.42 bits per heavy atom. The highest BCUT2D eigenvalue weighted by molar-refractivity contribution is 5.96. The van der Waals surface area contributed by atoms with Gasteiger partial charge >= 0.3 is 0 Å². The van der Waals surface area contributed by atoms with Gasteiger partial charge < -0.3 is 9.73 Å². The third-order valence-corrected chi connectivity index (χ3v) is 3.21. The van der Waals surface area contributed by atoms with Crippen molar-refractivity contribution < 1.29 is 9.21 Å². The number of hydrogen-bond acceptors (Lipinski definition) is 2. The van der Waals surface area contributed by atoms with Crippen LogP contribution >= 0.6 is 0 Å². The van der Waals surface area contributed by atoms with Crippen molar-refractivity contribution in [3.05, 3.63) is 58.5 Å². The van der Waals surface area contributed by atoms with E-state index in [0.29, 0.717) is 17.9 Å². The second kappa shape index (κ2) is 5.74. The molecule has 0 spiro atoms. The first-order valence-corrected chi connectivity index (χ1v) is 6.46. The Labute approximate surface area is 113 Å². The van der Waals surface area contributed by atoms with Crippen molar-refractivity contribution >= 4 is 5.91 Å². The summed E-state index contributed by atoms with van der Waals surface area (Å²) in [5.41, 5.74) is 4.01. The van der Waals surface area contributed by atoms with E-state index in [4.69, 9.17) is 4.42 Å². The third-order valence-electron chi connectivity index (χ3n) is 3.21. The fourth-order valence-corrected chi connectivity index (χ4v) is 2.07.